The van der Waals surface area contributed by atoms with E-state index < -0.39 is 10.0 Å². The summed E-state index contributed by atoms with van der Waals surface area (Å²) < 4.78 is 24.7. The number of aliphatic imine (C=N–C) groups is 1. The van der Waals surface area contributed by atoms with Crippen molar-refractivity contribution in [2.75, 3.05) is 14.1 Å². The van der Waals surface area contributed by atoms with Crippen molar-refractivity contribution in [2.45, 2.75) is 4.90 Å². The second-order valence-corrected chi connectivity index (χ2v) is 5.12. The molecule has 15 heavy (non-hydrogen) atoms. The van der Waals surface area contributed by atoms with Gasteiger partial charge in [0.15, 0.2) is 5.82 Å². The highest BCUT2D eigenvalue weighted by Gasteiger charge is 2.21. The Balaban J connectivity index is 3.44. The van der Waals surface area contributed by atoms with E-state index in [0.29, 0.717) is 0 Å². The second kappa shape index (κ2) is 4.59. The monoisotopic (exact) mass is 243 g/mol. The predicted octanol–water partition coefficient (Wildman–Crippen LogP) is 1.07. The van der Waals surface area contributed by atoms with Gasteiger partial charge in [-0.1, -0.05) is 0 Å². The van der Waals surface area contributed by atoms with Gasteiger partial charge in [0, 0.05) is 20.3 Å². The molecule has 5 nitrogen and oxygen atoms in total. The molecule has 0 radical (unpaired) electrons. The molecule has 0 fully saturated rings. The number of nitrogens with zero attached hydrogens (tertiary/aromatic N) is 3. The Kier molecular flexibility index (Phi) is 3.65. The van der Waals surface area contributed by atoms with Gasteiger partial charge in [-0.05, 0) is 24.4 Å². The zero-order valence-corrected chi connectivity index (χ0v) is 9.84. The number of rotatable bonds is 3. The summed E-state index contributed by atoms with van der Waals surface area (Å²) in [4.78, 5) is 7.44. The maximum atomic E-state index is 11.8. The molecule has 0 N–H and O–H groups in total. The largest absolute Gasteiger partial charge is 0.246 e. The smallest absolute Gasteiger partial charge is 0.235 e. The fraction of sp³-hybridized carbons (Fsp3) is 0.250. The molecule has 1 aromatic rings. The Labute approximate surface area is 93.5 Å². The lowest BCUT2D eigenvalue weighted by Gasteiger charge is -2.11. The Hall–Kier alpha value is -1.14. The first-order valence-electron chi connectivity index (χ1n) is 3.95. The van der Waals surface area contributed by atoms with Crippen LogP contribution in [-0.2, 0) is 10.0 Å². The van der Waals surface area contributed by atoms with Crippen LogP contribution in [0.2, 0.25) is 0 Å². The summed E-state index contributed by atoms with van der Waals surface area (Å²) in [5, 5.41) is 2.10. The summed E-state index contributed by atoms with van der Waals surface area (Å²) >= 11 is 4.42. The van der Waals surface area contributed by atoms with E-state index in [9.17, 15) is 8.42 Å². The van der Waals surface area contributed by atoms with Crippen molar-refractivity contribution in [1.29, 1.82) is 0 Å². The maximum Gasteiger partial charge on any atom is 0.246 e. The first kappa shape index (κ1) is 11.9. The number of thiocarbonyl (C=S) groups is 1. The van der Waals surface area contributed by atoms with Crippen LogP contribution in [0.25, 0.3) is 0 Å². The standard InChI is InChI=1S/C8H9N3O2S2/c1-11(2)15(12,13)7-4-3-5-9-8(7)10-6-14/h3-5H,1-2H3. The van der Waals surface area contributed by atoms with Crippen molar-refractivity contribution in [1.82, 2.24) is 9.29 Å². The van der Waals surface area contributed by atoms with Crippen LogP contribution in [0.3, 0.4) is 0 Å². The number of hydrogen-bond acceptors (Lipinski definition) is 5. The molecule has 0 aromatic carbocycles. The lowest BCUT2D eigenvalue weighted by Crippen LogP contribution is -2.22. The van der Waals surface area contributed by atoms with Gasteiger partial charge in [0.05, 0.1) is 5.16 Å². The maximum absolute atomic E-state index is 11.8. The van der Waals surface area contributed by atoms with Crippen LogP contribution in [0.4, 0.5) is 5.82 Å². The molecule has 0 saturated heterocycles. The van der Waals surface area contributed by atoms with Crippen LogP contribution in [0.1, 0.15) is 0 Å². The molecule has 1 aromatic heterocycles. The van der Waals surface area contributed by atoms with Crippen LogP contribution in [0.5, 0.6) is 0 Å². The highest BCUT2D eigenvalue weighted by molar-refractivity contribution is 7.89. The van der Waals surface area contributed by atoms with Gasteiger partial charge in [-0.15, -0.1) is 0 Å². The first-order valence-corrected chi connectivity index (χ1v) is 5.80. The minimum absolute atomic E-state index is 0.0207. The van der Waals surface area contributed by atoms with Crippen molar-refractivity contribution >= 4 is 33.2 Å². The fourth-order valence-corrected chi connectivity index (χ4v) is 1.97. The molecule has 0 saturated carbocycles. The molecular formula is C8H9N3O2S2. The van der Waals surface area contributed by atoms with Crippen molar-refractivity contribution in [3.8, 4) is 0 Å². The van der Waals surface area contributed by atoms with Gasteiger partial charge in [0.25, 0.3) is 0 Å². The summed E-state index contributed by atoms with van der Waals surface area (Å²) in [5.41, 5.74) is 0. The Morgan fingerprint density at radius 1 is 1.53 bits per heavy atom. The summed E-state index contributed by atoms with van der Waals surface area (Å²) in [5.74, 6) is 0.0567. The van der Waals surface area contributed by atoms with E-state index in [-0.39, 0.29) is 10.7 Å². The molecule has 1 rings (SSSR count). The number of aromatic nitrogens is 1. The van der Waals surface area contributed by atoms with E-state index >= 15 is 0 Å². The molecule has 7 heteroatoms. The normalized spacial score (nSPS) is 11.1. The summed E-state index contributed by atoms with van der Waals surface area (Å²) in [6.45, 7) is 0. The third-order valence-electron chi connectivity index (χ3n) is 1.66. The van der Waals surface area contributed by atoms with E-state index in [0.717, 1.165) is 4.31 Å². The zero-order valence-electron chi connectivity index (χ0n) is 8.21. The minimum Gasteiger partial charge on any atom is -0.235 e. The minimum atomic E-state index is -3.54. The lowest BCUT2D eigenvalue weighted by atomic mass is 10.5. The van der Waals surface area contributed by atoms with Crippen LogP contribution in [0, 0.1) is 0 Å². The van der Waals surface area contributed by atoms with Gasteiger partial charge in [-0.3, -0.25) is 0 Å². The Morgan fingerprint density at radius 3 is 2.73 bits per heavy atom. The molecule has 0 unspecified atom stereocenters. The zero-order chi connectivity index (χ0) is 11.5. The third kappa shape index (κ3) is 2.45. The van der Waals surface area contributed by atoms with E-state index in [2.05, 4.69) is 27.4 Å². The molecule has 0 spiro atoms. The van der Waals surface area contributed by atoms with Crippen LogP contribution in [-0.4, -0.2) is 37.0 Å². The predicted molar refractivity (Wildman–Crippen MR) is 59.8 cm³/mol. The van der Waals surface area contributed by atoms with Crippen molar-refractivity contribution in [3.05, 3.63) is 18.3 Å². The summed E-state index contributed by atoms with van der Waals surface area (Å²) in [7, 11) is -0.663. The fourth-order valence-electron chi connectivity index (χ4n) is 0.907. The Morgan fingerprint density at radius 2 is 2.20 bits per heavy atom. The second-order valence-electron chi connectivity index (χ2n) is 2.82. The van der Waals surface area contributed by atoms with Crippen molar-refractivity contribution in [3.63, 3.8) is 0 Å². The molecule has 0 aliphatic rings. The lowest BCUT2D eigenvalue weighted by molar-refractivity contribution is 0.520. The van der Waals surface area contributed by atoms with Crippen molar-refractivity contribution < 1.29 is 8.42 Å². The van der Waals surface area contributed by atoms with E-state index in [1.54, 1.807) is 0 Å². The number of hydrogen-bond donors (Lipinski definition) is 0. The van der Waals surface area contributed by atoms with Gasteiger partial charge < -0.3 is 0 Å². The topological polar surface area (TPSA) is 62.6 Å². The van der Waals surface area contributed by atoms with E-state index in [1.165, 1.54) is 32.4 Å². The average molecular weight is 243 g/mol. The molecule has 0 atom stereocenters. The molecular weight excluding hydrogens is 234 g/mol. The highest BCUT2D eigenvalue weighted by atomic mass is 32.2. The van der Waals surface area contributed by atoms with Gasteiger partial charge in [0.2, 0.25) is 10.0 Å². The SMILES string of the molecule is CN(C)S(=O)(=O)c1cccnc1N=C=S. The van der Waals surface area contributed by atoms with Crippen molar-refractivity contribution in [2.24, 2.45) is 4.99 Å². The summed E-state index contributed by atoms with van der Waals surface area (Å²) in [6, 6.07) is 2.95. The van der Waals surface area contributed by atoms with Gasteiger partial charge in [-0.2, -0.15) is 4.99 Å². The number of sulfonamides is 1. The number of isothiocyanates is 1. The third-order valence-corrected chi connectivity index (χ3v) is 3.59. The molecule has 0 amide bonds. The van der Waals surface area contributed by atoms with Gasteiger partial charge in [0.1, 0.15) is 4.90 Å². The van der Waals surface area contributed by atoms with Crippen LogP contribution >= 0.6 is 12.2 Å². The highest BCUT2D eigenvalue weighted by Crippen LogP contribution is 2.22. The molecule has 1 heterocycles. The number of pyridine rings is 1. The molecule has 0 bridgehead atoms. The van der Waals surface area contributed by atoms with E-state index in [4.69, 9.17) is 0 Å². The van der Waals surface area contributed by atoms with Gasteiger partial charge in [-0.25, -0.2) is 17.7 Å². The Bertz CT molecular complexity index is 504. The van der Waals surface area contributed by atoms with Crippen LogP contribution < -0.4 is 0 Å². The first-order chi connectivity index (χ1) is 7.00. The average Bonchev–Trinajstić information content (AvgIpc) is 2.18. The summed E-state index contributed by atoms with van der Waals surface area (Å²) in [6.07, 6.45) is 1.44. The molecule has 80 valence electrons. The quantitative estimate of drug-likeness (QED) is 0.588. The van der Waals surface area contributed by atoms with Gasteiger partial charge >= 0.3 is 0 Å². The van der Waals surface area contributed by atoms with Crippen LogP contribution in [0.15, 0.2) is 28.2 Å². The van der Waals surface area contributed by atoms with E-state index in [1.807, 2.05) is 0 Å². The molecule has 0 aliphatic heterocycles. The molecule has 0 aliphatic carbocycles.